The largest absolute Gasteiger partial charge is 0.467 e. The van der Waals surface area contributed by atoms with Crippen LogP contribution in [0.5, 0.6) is 0 Å². The third-order valence-electron chi connectivity index (χ3n) is 4.44. The van der Waals surface area contributed by atoms with Gasteiger partial charge in [-0.15, -0.1) is 0 Å². The molecule has 2 heterocycles. The number of aryl methyl sites for hydroxylation is 1. The lowest BCUT2D eigenvalue weighted by molar-refractivity contribution is -0.134. The first-order chi connectivity index (χ1) is 12.5. The molecular weight excluding hydrogens is 334 g/mol. The van der Waals surface area contributed by atoms with Crippen LogP contribution in [0.2, 0.25) is 0 Å². The van der Waals surface area contributed by atoms with Crippen molar-refractivity contribution in [3.8, 4) is 0 Å². The molecule has 1 fully saturated rings. The van der Waals surface area contributed by atoms with Gasteiger partial charge in [0.2, 0.25) is 5.91 Å². The van der Waals surface area contributed by atoms with Crippen molar-refractivity contribution < 1.29 is 18.8 Å². The Bertz CT molecular complexity index is 788. The molecule has 136 valence electrons. The highest BCUT2D eigenvalue weighted by Gasteiger charge is 2.47. The molecule has 0 spiro atoms. The second-order valence-corrected chi connectivity index (χ2v) is 6.50. The number of nitrogens with one attached hydrogen (secondary N) is 2. The van der Waals surface area contributed by atoms with Crippen LogP contribution in [0.4, 0.5) is 4.79 Å². The molecule has 1 aromatic carbocycles. The summed E-state index contributed by atoms with van der Waals surface area (Å²) in [7, 11) is 0. The minimum absolute atomic E-state index is 0.209. The maximum Gasteiger partial charge on any atom is 0.325 e. The molecule has 0 saturated carbocycles. The Kier molecular flexibility index (Phi) is 5.06. The molecule has 1 saturated heterocycles. The van der Waals surface area contributed by atoms with E-state index < -0.39 is 17.5 Å². The van der Waals surface area contributed by atoms with Gasteiger partial charge in [-0.2, -0.15) is 0 Å². The molecule has 1 aliphatic heterocycles. The summed E-state index contributed by atoms with van der Waals surface area (Å²) in [6.45, 7) is 1.59. The number of nitrogens with zero attached hydrogens (tertiary/aromatic N) is 1. The number of furan rings is 1. The third-order valence-corrected chi connectivity index (χ3v) is 4.44. The summed E-state index contributed by atoms with van der Waals surface area (Å²) >= 11 is 0. The normalized spacial score (nSPS) is 19.5. The topological polar surface area (TPSA) is 91.7 Å². The number of benzene rings is 1. The third kappa shape index (κ3) is 3.93. The molecule has 1 aromatic heterocycles. The van der Waals surface area contributed by atoms with Gasteiger partial charge in [0.05, 0.1) is 12.8 Å². The van der Waals surface area contributed by atoms with E-state index in [0.29, 0.717) is 18.6 Å². The highest BCUT2D eigenvalue weighted by atomic mass is 16.3. The predicted octanol–water partition coefficient (Wildman–Crippen LogP) is 1.84. The molecule has 0 unspecified atom stereocenters. The van der Waals surface area contributed by atoms with Gasteiger partial charge >= 0.3 is 6.03 Å². The van der Waals surface area contributed by atoms with Gasteiger partial charge < -0.3 is 15.1 Å². The SMILES string of the molecule is C[C@]1(CCc2ccccc2)NC(=O)N(CC(=O)NCc2ccco2)C1=O. The number of carbonyl (C=O) groups excluding carboxylic acids is 3. The van der Waals surface area contributed by atoms with E-state index in [1.165, 1.54) is 6.26 Å². The Balaban J connectivity index is 1.56. The quantitative estimate of drug-likeness (QED) is 0.742. The second-order valence-electron chi connectivity index (χ2n) is 6.50. The smallest absolute Gasteiger partial charge is 0.325 e. The second kappa shape index (κ2) is 7.43. The molecule has 0 radical (unpaired) electrons. The van der Waals surface area contributed by atoms with Crippen molar-refractivity contribution in [1.29, 1.82) is 0 Å². The van der Waals surface area contributed by atoms with E-state index in [9.17, 15) is 14.4 Å². The van der Waals surface area contributed by atoms with Gasteiger partial charge in [-0.3, -0.25) is 14.5 Å². The monoisotopic (exact) mass is 355 g/mol. The summed E-state index contributed by atoms with van der Waals surface area (Å²) in [5, 5.41) is 5.35. The minimum Gasteiger partial charge on any atom is -0.467 e. The molecule has 3 rings (SSSR count). The van der Waals surface area contributed by atoms with Crippen LogP contribution in [-0.2, 0) is 22.6 Å². The van der Waals surface area contributed by atoms with Crippen molar-refractivity contribution in [3.05, 3.63) is 60.1 Å². The summed E-state index contributed by atoms with van der Waals surface area (Å²) in [5.41, 5.74) is 0.0826. The van der Waals surface area contributed by atoms with Crippen LogP contribution in [0.3, 0.4) is 0 Å². The minimum atomic E-state index is -1.01. The lowest BCUT2D eigenvalue weighted by Crippen LogP contribution is -2.45. The van der Waals surface area contributed by atoms with Gasteiger partial charge in [-0.25, -0.2) is 4.79 Å². The average molecular weight is 355 g/mol. The van der Waals surface area contributed by atoms with E-state index in [4.69, 9.17) is 4.42 Å². The van der Waals surface area contributed by atoms with Crippen LogP contribution in [0.25, 0.3) is 0 Å². The fourth-order valence-corrected chi connectivity index (χ4v) is 2.90. The number of imide groups is 1. The molecule has 2 aromatic rings. The molecular formula is C19H21N3O4. The zero-order valence-corrected chi connectivity index (χ0v) is 14.5. The highest BCUT2D eigenvalue weighted by Crippen LogP contribution is 2.23. The van der Waals surface area contributed by atoms with Crippen LogP contribution < -0.4 is 10.6 Å². The van der Waals surface area contributed by atoms with Gasteiger partial charge in [0, 0.05) is 0 Å². The molecule has 26 heavy (non-hydrogen) atoms. The van der Waals surface area contributed by atoms with E-state index >= 15 is 0 Å². The predicted molar refractivity (Wildman–Crippen MR) is 94.0 cm³/mol. The van der Waals surface area contributed by atoms with E-state index in [1.807, 2.05) is 30.3 Å². The van der Waals surface area contributed by atoms with Crippen molar-refractivity contribution >= 4 is 17.8 Å². The maximum absolute atomic E-state index is 12.7. The average Bonchev–Trinajstić information content (AvgIpc) is 3.23. The molecule has 2 N–H and O–H groups in total. The van der Waals surface area contributed by atoms with Crippen LogP contribution in [0.1, 0.15) is 24.7 Å². The van der Waals surface area contributed by atoms with E-state index in [2.05, 4.69) is 10.6 Å². The number of hydrogen-bond acceptors (Lipinski definition) is 4. The van der Waals surface area contributed by atoms with Crippen molar-refractivity contribution in [2.45, 2.75) is 31.8 Å². The number of amides is 4. The maximum atomic E-state index is 12.7. The molecule has 0 bridgehead atoms. The molecule has 7 nitrogen and oxygen atoms in total. The molecule has 0 aliphatic carbocycles. The zero-order valence-electron chi connectivity index (χ0n) is 14.5. The van der Waals surface area contributed by atoms with Crippen LogP contribution in [0.15, 0.2) is 53.1 Å². The molecule has 1 atom stereocenters. The number of carbonyl (C=O) groups is 3. The molecule has 1 aliphatic rings. The summed E-state index contributed by atoms with van der Waals surface area (Å²) in [5.74, 6) is -0.202. The van der Waals surface area contributed by atoms with Crippen molar-refractivity contribution in [1.82, 2.24) is 15.5 Å². The standard InChI is InChI=1S/C19H21N3O4/c1-19(10-9-14-6-3-2-4-7-14)17(24)22(18(25)21-19)13-16(23)20-12-15-8-5-11-26-15/h2-8,11H,9-10,12-13H2,1H3,(H,20,23)(H,21,25)/t19-/m1/s1. The van der Waals surface area contributed by atoms with Gasteiger partial charge in [-0.1, -0.05) is 30.3 Å². The zero-order chi connectivity index (χ0) is 18.6. The summed E-state index contributed by atoms with van der Waals surface area (Å²) < 4.78 is 5.13. The first-order valence-electron chi connectivity index (χ1n) is 8.45. The fourth-order valence-electron chi connectivity index (χ4n) is 2.90. The Hall–Kier alpha value is -3.09. The lowest BCUT2D eigenvalue weighted by atomic mass is 9.93. The van der Waals surface area contributed by atoms with Gasteiger partial charge in [0.25, 0.3) is 5.91 Å². The van der Waals surface area contributed by atoms with Crippen molar-refractivity contribution in [2.24, 2.45) is 0 Å². The first kappa shape index (κ1) is 17.7. The Morgan fingerprint density at radius 1 is 1.19 bits per heavy atom. The van der Waals surface area contributed by atoms with E-state index in [1.54, 1.807) is 19.1 Å². The first-order valence-corrected chi connectivity index (χ1v) is 8.45. The van der Waals surface area contributed by atoms with E-state index in [-0.39, 0.29) is 19.0 Å². The fraction of sp³-hybridized carbons (Fsp3) is 0.316. The number of rotatable bonds is 7. The summed E-state index contributed by atoms with van der Waals surface area (Å²) in [6.07, 6.45) is 2.63. The highest BCUT2D eigenvalue weighted by molar-refractivity contribution is 6.08. The lowest BCUT2D eigenvalue weighted by Gasteiger charge is -2.21. The van der Waals surface area contributed by atoms with Crippen LogP contribution >= 0.6 is 0 Å². The van der Waals surface area contributed by atoms with Gasteiger partial charge in [0.1, 0.15) is 17.8 Å². The Labute approximate surface area is 151 Å². The van der Waals surface area contributed by atoms with Crippen LogP contribution in [0, 0.1) is 0 Å². The van der Waals surface area contributed by atoms with E-state index in [0.717, 1.165) is 10.5 Å². The molecule has 4 amide bonds. The molecule has 7 heteroatoms. The van der Waals surface area contributed by atoms with Crippen LogP contribution in [-0.4, -0.2) is 34.8 Å². The number of urea groups is 1. The van der Waals surface area contributed by atoms with Gasteiger partial charge in [0.15, 0.2) is 0 Å². The Morgan fingerprint density at radius 3 is 2.65 bits per heavy atom. The number of hydrogen-bond donors (Lipinski definition) is 2. The van der Waals surface area contributed by atoms with Gasteiger partial charge in [-0.05, 0) is 37.5 Å². The Morgan fingerprint density at radius 2 is 1.96 bits per heavy atom. The summed E-state index contributed by atoms with van der Waals surface area (Å²) in [4.78, 5) is 37.9. The van der Waals surface area contributed by atoms with Crippen molar-refractivity contribution in [3.63, 3.8) is 0 Å². The van der Waals surface area contributed by atoms with Crippen molar-refractivity contribution in [2.75, 3.05) is 6.54 Å². The summed E-state index contributed by atoms with van der Waals surface area (Å²) in [6, 6.07) is 12.7.